The molecular weight excluding hydrogens is 294 g/mol. The maximum Gasteiger partial charge on any atom is 0.142 e. The van der Waals surface area contributed by atoms with Gasteiger partial charge in [0.05, 0.1) is 24.6 Å². The van der Waals surface area contributed by atoms with Crippen molar-refractivity contribution >= 4 is 24.8 Å². The molecule has 2 aromatic rings. The normalized spacial score (nSPS) is 15.4. The van der Waals surface area contributed by atoms with Crippen LogP contribution < -0.4 is 5.32 Å². The molecule has 0 bridgehead atoms. The van der Waals surface area contributed by atoms with Crippen molar-refractivity contribution < 1.29 is 9.47 Å². The highest BCUT2D eigenvalue weighted by Gasteiger charge is 2.14. The minimum Gasteiger partial charge on any atom is -0.381 e. The van der Waals surface area contributed by atoms with E-state index in [0.717, 1.165) is 42.2 Å². The Bertz CT molecular complexity index is 649. The molecule has 5 nitrogen and oxygen atoms in total. The molecule has 3 heterocycles. The zero-order chi connectivity index (χ0) is 15.6. The smallest absolute Gasteiger partial charge is 0.142 e. The summed E-state index contributed by atoms with van der Waals surface area (Å²) in [6.07, 6.45) is 2.05. The molecule has 0 saturated carbocycles. The van der Waals surface area contributed by atoms with Crippen molar-refractivity contribution in [3.8, 4) is 0 Å². The molecule has 120 valence electrons. The number of rotatable bonds is 5. The second-order valence-electron chi connectivity index (χ2n) is 7.01. The second kappa shape index (κ2) is 6.40. The summed E-state index contributed by atoms with van der Waals surface area (Å²) < 4.78 is 13.5. The number of pyridine rings is 1. The molecule has 3 rings (SSSR count). The van der Waals surface area contributed by atoms with Crippen molar-refractivity contribution in [2.24, 2.45) is 0 Å². The van der Waals surface area contributed by atoms with Gasteiger partial charge >= 0.3 is 0 Å². The zero-order valence-electron chi connectivity index (χ0n) is 13.7. The highest BCUT2D eigenvalue weighted by molar-refractivity contribution is 6.76. The molecule has 0 atom stereocenters. The average molecular weight is 319 g/mol. The fourth-order valence-corrected chi connectivity index (χ4v) is 3.24. The third-order valence-corrected chi connectivity index (χ3v) is 5.55. The van der Waals surface area contributed by atoms with E-state index in [4.69, 9.17) is 14.5 Å². The van der Waals surface area contributed by atoms with E-state index in [2.05, 4.69) is 41.7 Å². The summed E-state index contributed by atoms with van der Waals surface area (Å²) in [5.74, 6) is 0. The Morgan fingerprint density at radius 1 is 1.41 bits per heavy atom. The first kappa shape index (κ1) is 15.5. The van der Waals surface area contributed by atoms with Gasteiger partial charge in [0.1, 0.15) is 12.4 Å². The second-order valence-corrected chi connectivity index (χ2v) is 12.6. The first-order valence-electron chi connectivity index (χ1n) is 7.91. The Morgan fingerprint density at radius 3 is 3.09 bits per heavy atom. The molecule has 0 fully saturated rings. The van der Waals surface area contributed by atoms with Crippen LogP contribution in [0.1, 0.15) is 5.69 Å². The highest BCUT2D eigenvalue weighted by Crippen LogP contribution is 2.24. The van der Waals surface area contributed by atoms with Crippen LogP contribution in [-0.4, -0.2) is 37.4 Å². The molecule has 0 amide bonds. The quantitative estimate of drug-likeness (QED) is 0.678. The predicted molar refractivity (Wildman–Crippen MR) is 92.0 cm³/mol. The lowest BCUT2D eigenvalue weighted by Gasteiger charge is -2.15. The molecule has 0 saturated heterocycles. The van der Waals surface area contributed by atoms with Crippen LogP contribution in [0.25, 0.3) is 11.0 Å². The summed E-state index contributed by atoms with van der Waals surface area (Å²) >= 11 is 0. The van der Waals surface area contributed by atoms with Gasteiger partial charge in [-0.3, -0.25) is 0 Å². The van der Waals surface area contributed by atoms with Crippen LogP contribution >= 0.6 is 0 Å². The van der Waals surface area contributed by atoms with Crippen LogP contribution in [0, 0.1) is 0 Å². The largest absolute Gasteiger partial charge is 0.381 e. The van der Waals surface area contributed by atoms with Gasteiger partial charge in [-0.05, 0) is 18.2 Å². The molecule has 0 spiro atoms. The Kier molecular flexibility index (Phi) is 4.51. The highest BCUT2D eigenvalue weighted by atomic mass is 28.3. The Hall–Kier alpha value is -1.37. The zero-order valence-corrected chi connectivity index (χ0v) is 14.7. The van der Waals surface area contributed by atoms with Crippen LogP contribution in [0.3, 0.4) is 0 Å². The molecule has 0 radical (unpaired) electrons. The van der Waals surface area contributed by atoms with Crippen LogP contribution in [-0.2, 0) is 22.8 Å². The molecule has 0 aliphatic carbocycles. The Labute approximate surface area is 132 Å². The van der Waals surface area contributed by atoms with E-state index in [1.54, 1.807) is 0 Å². The first-order valence-corrected chi connectivity index (χ1v) is 11.6. The van der Waals surface area contributed by atoms with Crippen molar-refractivity contribution in [1.82, 2.24) is 9.55 Å². The summed E-state index contributed by atoms with van der Waals surface area (Å²) in [5.41, 5.74) is 3.04. The van der Waals surface area contributed by atoms with Gasteiger partial charge in [-0.1, -0.05) is 19.6 Å². The summed E-state index contributed by atoms with van der Waals surface area (Å²) in [7, 11) is -1.03. The van der Waals surface area contributed by atoms with Crippen molar-refractivity contribution in [2.75, 3.05) is 25.1 Å². The number of nitrogens with one attached hydrogen (secondary N) is 1. The lowest BCUT2D eigenvalue weighted by Crippen LogP contribution is -2.22. The summed E-state index contributed by atoms with van der Waals surface area (Å²) in [5, 5.41) is 4.51. The van der Waals surface area contributed by atoms with Gasteiger partial charge in [0.2, 0.25) is 0 Å². The molecule has 1 N–H and O–H groups in total. The number of hydrogen-bond acceptors (Lipinski definition) is 4. The van der Waals surface area contributed by atoms with E-state index in [1.165, 1.54) is 6.04 Å². The van der Waals surface area contributed by atoms with Gasteiger partial charge in [0.25, 0.3) is 0 Å². The number of aromatic nitrogens is 2. The van der Waals surface area contributed by atoms with Crippen LogP contribution in [0.5, 0.6) is 0 Å². The van der Waals surface area contributed by atoms with Gasteiger partial charge < -0.3 is 19.4 Å². The monoisotopic (exact) mass is 319 g/mol. The maximum atomic E-state index is 5.84. The maximum absolute atomic E-state index is 5.84. The molecule has 1 aliphatic heterocycles. The molecule has 2 aromatic heterocycles. The predicted octanol–water partition coefficient (Wildman–Crippen LogP) is 3.29. The molecule has 6 heteroatoms. The lowest BCUT2D eigenvalue weighted by atomic mass is 10.2. The SMILES string of the molecule is C[Si](C)(C)CCOCn1ccc2cc3c(nc21)COCCN3. The van der Waals surface area contributed by atoms with Crippen LogP contribution in [0.15, 0.2) is 18.3 Å². The molecule has 22 heavy (non-hydrogen) atoms. The summed E-state index contributed by atoms with van der Waals surface area (Å²) in [4.78, 5) is 4.77. The summed E-state index contributed by atoms with van der Waals surface area (Å²) in [6, 6.07) is 5.44. The van der Waals surface area contributed by atoms with E-state index in [0.29, 0.717) is 13.3 Å². The molecule has 1 aliphatic rings. The minimum atomic E-state index is -1.03. The summed E-state index contributed by atoms with van der Waals surface area (Å²) in [6.45, 7) is 10.6. The molecular formula is C16H25N3O2Si. The minimum absolute atomic E-state index is 0.564. The first-order chi connectivity index (χ1) is 10.5. The van der Waals surface area contributed by atoms with Crippen molar-refractivity contribution in [3.63, 3.8) is 0 Å². The van der Waals surface area contributed by atoms with E-state index in [9.17, 15) is 0 Å². The Balaban J connectivity index is 1.72. The van der Waals surface area contributed by atoms with Crippen molar-refractivity contribution in [1.29, 1.82) is 0 Å². The standard InChI is InChI=1S/C16H25N3O2Si/c1-22(2,3)9-8-21-12-19-6-4-13-10-14-15(18-16(13)19)11-20-7-5-17-14/h4,6,10,17H,5,7-9,11-12H2,1-3H3. The average Bonchev–Trinajstić information content (AvgIpc) is 2.69. The van der Waals surface area contributed by atoms with Gasteiger partial charge in [-0.25, -0.2) is 4.98 Å². The van der Waals surface area contributed by atoms with Crippen molar-refractivity contribution in [3.05, 3.63) is 24.0 Å². The van der Waals surface area contributed by atoms with E-state index < -0.39 is 8.07 Å². The van der Waals surface area contributed by atoms with Gasteiger partial charge in [0, 0.05) is 32.8 Å². The number of ether oxygens (including phenoxy) is 2. The molecule has 0 unspecified atom stereocenters. The Morgan fingerprint density at radius 2 is 2.27 bits per heavy atom. The van der Waals surface area contributed by atoms with E-state index in [1.807, 2.05) is 6.20 Å². The number of hydrogen-bond donors (Lipinski definition) is 1. The van der Waals surface area contributed by atoms with E-state index in [-0.39, 0.29) is 0 Å². The van der Waals surface area contributed by atoms with Crippen LogP contribution in [0.4, 0.5) is 5.69 Å². The van der Waals surface area contributed by atoms with Gasteiger partial charge in [0.15, 0.2) is 0 Å². The lowest BCUT2D eigenvalue weighted by molar-refractivity contribution is 0.0897. The number of anilines is 1. The van der Waals surface area contributed by atoms with E-state index >= 15 is 0 Å². The molecule has 0 aromatic carbocycles. The fourth-order valence-electron chi connectivity index (χ4n) is 2.48. The van der Waals surface area contributed by atoms with Crippen LogP contribution in [0.2, 0.25) is 25.7 Å². The van der Waals surface area contributed by atoms with Gasteiger partial charge in [-0.2, -0.15) is 0 Å². The number of nitrogens with zero attached hydrogens (tertiary/aromatic N) is 2. The fraction of sp³-hybridized carbons (Fsp3) is 0.562. The topological polar surface area (TPSA) is 48.3 Å². The van der Waals surface area contributed by atoms with Crippen molar-refractivity contribution in [2.45, 2.75) is 39.0 Å². The number of fused-ring (bicyclic) bond motifs is 2. The third-order valence-electron chi connectivity index (χ3n) is 3.84. The third kappa shape index (κ3) is 3.69. The van der Waals surface area contributed by atoms with Gasteiger partial charge in [-0.15, -0.1) is 0 Å².